The summed E-state index contributed by atoms with van der Waals surface area (Å²) in [6.45, 7) is 0. The predicted octanol–water partition coefficient (Wildman–Crippen LogP) is 3.75. The molecule has 43 heavy (non-hydrogen) atoms. The van der Waals surface area contributed by atoms with Crippen LogP contribution in [0.5, 0.6) is 0 Å². The molecule has 2 amide bonds. The van der Waals surface area contributed by atoms with Gasteiger partial charge in [0, 0.05) is 34.7 Å². The normalized spacial score (nSPS) is 11.7. The summed E-state index contributed by atoms with van der Waals surface area (Å²) in [5.41, 5.74) is 3.52. The van der Waals surface area contributed by atoms with Gasteiger partial charge < -0.3 is 10.1 Å². The second kappa shape index (κ2) is 13.3. The average molecular weight is 598 g/mol. The molecular formula is C29H24ClN9O4. The van der Waals surface area contributed by atoms with E-state index in [1.807, 2.05) is 6.07 Å². The lowest BCUT2D eigenvalue weighted by Crippen LogP contribution is -2.30. The van der Waals surface area contributed by atoms with Gasteiger partial charge in [0.1, 0.15) is 6.33 Å². The molecule has 1 unspecified atom stereocenters. The SMILES string of the molecule is COC(=O)Nc1ccc(-c2cc(C(Cc3cccnc3)NC(=O)/C=C/c3cc(Cl)ccc3-n3cnnn3)n[nH]c2=O)cc1. The fourth-order valence-electron chi connectivity index (χ4n) is 4.22. The Hall–Kier alpha value is -5.69. The van der Waals surface area contributed by atoms with Gasteiger partial charge in [0.25, 0.3) is 5.56 Å². The zero-order valence-electron chi connectivity index (χ0n) is 22.6. The Balaban J connectivity index is 1.42. The van der Waals surface area contributed by atoms with Crippen molar-refractivity contribution in [3.8, 4) is 16.8 Å². The molecule has 0 radical (unpaired) electrons. The number of methoxy groups -OCH3 is 1. The topological polar surface area (TPSA) is 170 Å². The van der Waals surface area contributed by atoms with Crippen molar-refractivity contribution < 1.29 is 14.3 Å². The van der Waals surface area contributed by atoms with Crippen LogP contribution in [0.2, 0.25) is 5.02 Å². The smallest absolute Gasteiger partial charge is 0.411 e. The summed E-state index contributed by atoms with van der Waals surface area (Å²) in [4.78, 5) is 41.6. The van der Waals surface area contributed by atoms with Crippen molar-refractivity contribution in [2.24, 2.45) is 0 Å². The summed E-state index contributed by atoms with van der Waals surface area (Å²) in [5.74, 6) is -0.413. The first-order valence-electron chi connectivity index (χ1n) is 12.8. The van der Waals surface area contributed by atoms with Gasteiger partial charge >= 0.3 is 6.09 Å². The van der Waals surface area contributed by atoms with Crippen molar-refractivity contribution >= 4 is 35.4 Å². The third kappa shape index (κ3) is 7.34. The van der Waals surface area contributed by atoms with Crippen LogP contribution in [0.1, 0.15) is 22.9 Å². The molecule has 216 valence electrons. The molecule has 2 aromatic carbocycles. The number of nitrogens with zero attached hydrogens (tertiary/aromatic N) is 6. The number of anilines is 1. The Kier molecular flexibility index (Phi) is 8.93. The summed E-state index contributed by atoms with van der Waals surface area (Å²) >= 11 is 6.20. The van der Waals surface area contributed by atoms with E-state index >= 15 is 0 Å². The highest BCUT2D eigenvalue weighted by atomic mass is 35.5. The van der Waals surface area contributed by atoms with Crippen LogP contribution in [-0.4, -0.2) is 54.5 Å². The van der Waals surface area contributed by atoms with Gasteiger partial charge in [-0.25, -0.2) is 9.89 Å². The molecular weight excluding hydrogens is 574 g/mol. The van der Waals surface area contributed by atoms with Crippen molar-refractivity contribution in [1.82, 2.24) is 40.7 Å². The fourth-order valence-corrected chi connectivity index (χ4v) is 4.41. The Bertz CT molecular complexity index is 1810. The standard InChI is InChI=1S/C29H24ClN9O4/c1-43-29(42)33-22-8-4-19(5-9-22)23-15-25(35-36-28(23)41)24(13-18-3-2-12-31-16-18)34-27(40)11-6-20-14-21(30)7-10-26(20)39-17-32-37-38-39/h2-12,14-17,24H,13H2,1H3,(H,33,42)(H,34,40)(H,36,41)/b11-6+. The highest BCUT2D eigenvalue weighted by molar-refractivity contribution is 6.30. The molecule has 13 nitrogen and oxygen atoms in total. The largest absolute Gasteiger partial charge is 0.453 e. The van der Waals surface area contributed by atoms with Crippen LogP contribution in [0.25, 0.3) is 22.9 Å². The summed E-state index contributed by atoms with van der Waals surface area (Å²) < 4.78 is 6.07. The van der Waals surface area contributed by atoms with Gasteiger partial charge in [-0.3, -0.25) is 19.9 Å². The van der Waals surface area contributed by atoms with Gasteiger partial charge in [-0.2, -0.15) is 9.78 Å². The highest BCUT2D eigenvalue weighted by Gasteiger charge is 2.19. The number of aromatic nitrogens is 7. The van der Waals surface area contributed by atoms with Crippen LogP contribution in [0.15, 0.2) is 90.3 Å². The summed E-state index contributed by atoms with van der Waals surface area (Å²) in [6.07, 6.45) is 7.50. The minimum absolute atomic E-state index is 0.334. The van der Waals surface area contributed by atoms with Gasteiger partial charge in [0.2, 0.25) is 5.91 Å². The van der Waals surface area contributed by atoms with Crippen LogP contribution < -0.4 is 16.2 Å². The molecule has 3 N–H and O–H groups in total. The Morgan fingerprint density at radius 2 is 1.98 bits per heavy atom. The second-order valence-corrected chi connectivity index (χ2v) is 9.58. The first-order valence-corrected chi connectivity index (χ1v) is 13.2. The van der Waals surface area contributed by atoms with Crippen molar-refractivity contribution in [3.05, 3.63) is 118 Å². The monoisotopic (exact) mass is 597 g/mol. The van der Waals surface area contributed by atoms with Crippen molar-refractivity contribution in [1.29, 1.82) is 0 Å². The number of H-pyrrole nitrogens is 1. The number of pyridine rings is 1. The molecule has 5 rings (SSSR count). The van der Waals surface area contributed by atoms with E-state index in [0.29, 0.717) is 45.2 Å². The lowest BCUT2D eigenvalue weighted by Gasteiger charge is -2.18. The summed E-state index contributed by atoms with van der Waals surface area (Å²) in [5, 5.41) is 24.0. The number of carbonyl (C=O) groups excluding carboxylic acids is 2. The Labute approximate surface area is 249 Å². The number of tetrazole rings is 1. The number of rotatable bonds is 9. The molecule has 3 heterocycles. The van der Waals surface area contributed by atoms with E-state index < -0.39 is 23.6 Å². The third-order valence-corrected chi connectivity index (χ3v) is 6.52. The first-order chi connectivity index (χ1) is 20.9. The molecule has 0 aliphatic carbocycles. The Morgan fingerprint density at radius 1 is 1.14 bits per heavy atom. The number of carbonyl (C=O) groups is 2. The number of hydrogen-bond donors (Lipinski definition) is 3. The van der Waals surface area contributed by atoms with E-state index in [9.17, 15) is 14.4 Å². The minimum Gasteiger partial charge on any atom is -0.453 e. The van der Waals surface area contributed by atoms with Crippen molar-refractivity contribution in [3.63, 3.8) is 0 Å². The number of hydrogen-bond acceptors (Lipinski definition) is 9. The predicted molar refractivity (Wildman–Crippen MR) is 158 cm³/mol. The van der Waals surface area contributed by atoms with Gasteiger partial charge in [0.05, 0.1) is 30.1 Å². The third-order valence-electron chi connectivity index (χ3n) is 6.29. The highest BCUT2D eigenvalue weighted by Crippen LogP contribution is 2.23. The van der Waals surface area contributed by atoms with Crippen LogP contribution in [0, 0.1) is 0 Å². The second-order valence-electron chi connectivity index (χ2n) is 9.15. The van der Waals surface area contributed by atoms with Crippen molar-refractivity contribution in [2.45, 2.75) is 12.5 Å². The maximum absolute atomic E-state index is 13.2. The molecule has 0 fully saturated rings. The maximum atomic E-state index is 13.2. The van der Waals surface area contributed by atoms with Crippen LogP contribution >= 0.6 is 11.6 Å². The molecule has 1 atom stereocenters. The number of nitrogens with one attached hydrogen (secondary N) is 3. The quantitative estimate of drug-likeness (QED) is 0.214. The molecule has 0 aliphatic heterocycles. The van der Waals surface area contributed by atoms with Gasteiger partial charge in [-0.15, -0.1) is 5.10 Å². The molecule has 0 spiro atoms. The molecule has 0 bridgehead atoms. The average Bonchev–Trinajstić information content (AvgIpc) is 3.56. The van der Waals surface area contributed by atoms with Crippen LogP contribution in [0.4, 0.5) is 10.5 Å². The number of ether oxygens (including phenoxy) is 1. The van der Waals surface area contributed by atoms with Crippen molar-refractivity contribution in [2.75, 3.05) is 12.4 Å². The van der Waals surface area contributed by atoms with E-state index in [4.69, 9.17) is 11.6 Å². The van der Waals surface area contributed by atoms with E-state index in [0.717, 1.165) is 5.56 Å². The number of benzene rings is 2. The van der Waals surface area contributed by atoms with E-state index in [2.05, 4.69) is 46.1 Å². The summed E-state index contributed by atoms with van der Waals surface area (Å²) in [6, 6.07) is 16.5. The van der Waals surface area contributed by atoms with Gasteiger partial charge in [0.15, 0.2) is 0 Å². The number of aromatic amines is 1. The lowest BCUT2D eigenvalue weighted by molar-refractivity contribution is -0.117. The zero-order chi connectivity index (χ0) is 30.2. The lowest BCUT2D eigenvalue weighted by atomic mass is 10.0. The molecule has 0 aliphatic rings. The number of halogens is 1. The van der Waals surface area contributed by atoms with E-state index in [-0.39, 0.29) is 0 Å². The molecule has 0 saturated carbocycles. The van der Waals surface area contributed by atoms with E-state index in [1.54, 1.807) is 73.1 Å². The molecule has 0 saturated heterocycles. The summed E-state index contributed by atoms with van der Waals surface area (Å²) in [7, 11) is 1.27. The van der Waals surface area contributed by atoms with Gasteiger partial charge in [-0.05, 0) is 76.5 Å². The number of amides is 2. The fraction of sp³-hybridized carbons (Fsp3) is 0.103. The zero-order valence-corrected chi connectivity index (χ0v) is 23.4. The maximum Gasteiger partial charge on any atom is 0.411 e. The molecule has 5 aromatic rings. The Morgan fingerprint density at radius 3 is 2.70 bits per heavy atom. The van der Waals surface area contributed by atoms with Crippen LogP contribution in [-0.2, 0) is 16.0 Å². The first kappa shape index (κ1) is 28.8. The van der Waals surface area contributed by atoms with Crippen LogP contribution in [0.3, 0.4) is 0 Å². The molecule has 14 heteroatoms. The minimum atomic E-state index is -0.629. The van der Waals surface area contributed by atoms with E-state index in [1.165, 1.54) is 24.2 Å². The van der Waals surface area contributed by atoms with Gasteiger partial charge in [-0.1, -0.05) is 29.8 Å². The molecule has 3 aromatic heterocycles.